The van der Waals surface area contributed by atoms with Crippen molar-refractivity contribution in [3.05, 3.63) is 41.7 Å². The van der Waals surface area contributed by atoms with Crippen molar-refractivity contribution < 1.29 is 19.4 Å². The number of hydrogen-bond acceptors (Lipinski definition) is 4. The first kappa shape index (κ1) is 14.6. The van der Waals surface area contributed by atoms with Crippen molar-refractivity contribution in [3.63, 3.8) is 0 Å². The van der Waals surface area contributed by atoms with Crippen LogP contribution in [-0.4, -0.2) is 33.4 Å². The molecule has 0 spiro atoms. The summed E-state index contributed by atoms with van der Waals surface area (Å²) in [4.78, 5) is 22.5. The quantitative estimate of drug-likeness (QED) is 0.868. The van der Waals surface area contributed by atoms with Crippen LogP contribution >= 0.6 is 0 Å². The number of carboxylic acids is 1. The predicted octanol–water partition coefficient (Wildman–Crippen LogP) is 1.44. The van der Waals surface area contributed by atoms with Gasteiger partial charge in [-0.2, -0.15) is 5.10 Å². The maximum atomic E-state index is 12.1. The normalized spacial score (nSPS) is 10.2. The second-order valence-corrected chi connectivity index (χ2v) is 4.46. The van der Waals surface area contributed by atoms with E-state index in [-0.39, 0.29) is 5.91 Å². The van der Waals surface area contributed by atoms with Crippen LogP contribution in [-0.2, 0) is 11.8 Å². The first-order chi connectivity index (χ1) is 9.95. The van der Waals surface area contributed by atoms with Crippen LogP contribution in [0.2, 0.25) is 0 Å². The lowest BCUT2D eigenvalue weighted by atomic mass is 10.2. The van der Waals surface area contributed by atoms with Gasteiger partial charge in [0.2, 0.25) is 0 Å². The van der Waals surface area contributed by atoms with Crippen molar-refractivity contribution in [3.8, 4) is 5.75 Å². The van der Waals surface area contributed by atoms with Gasteiger partial charge in [-0.15, -0.1) is 0 Å². The number of aryl methyl sites for hydroxylation is 2. The zero-order valence-corrected chi connectivity index (χ0v) is 11.7. The van der Waals surface area contributed by atoms with Crippen LogP contribution in [0.5, 0.6) is 5.75 Å². The highest BCUT2D eigenvalue weighted by atomic mass is 16.5. The van der Waals surface area contributed by atoms with Gasteiger partial charge >= 0.3 is 5.97 Å². The van der Waals surface area contributed by atoms with Gasteiger partial charge in [-0.3, -0.25) is 9.48 Å². The SMILES string of the molecule is Cc1nn(C)cc1C(=O)Nc1ccc(OCC(=O)O)cc1. The van der Waals surface area contributed by atoms with Gasteiger partial charge in [-0.25, -0.2) is 4.79 Å². The average Bonchev–Trinajstić information content (AvgIpc) is 2.77. The molecule has 0 saturated heterocycles. The van der Waals surface area contributed by atoms with E-state index in [0.29, 0.717) is 22.7 Å². The maximum Gasteiger partial charge on any atom is 0.341 e. The molecule has 2 N–H and O–H groups in total. The maximum absolute atomic E-state index is 12.1. The third-order valence-electron chi connectivity index (χ3n) is 2.73. The van der Waals surface area contributed by atoms with Crippen LogP contribution < -0.4 is 10.1 Å². The lowest BCUT2D eigenvalue weighted by Crippen LogP contribution is -2.12. The minimum Gasteiger partial charge on any atom is -0.482 e. The van der Waals surface area contributed by atoms with E-state index >= 15 is 0 Å². The number of amides is 1. The standard InChI is InChI=1S/C14H15N3O4/c1-9-12(7-17(2)16-9)14(20)15-10-3-5-11(6-4-10)21-8-13(18)19/h3-7H,8H2,1-2H3,(H,15,20)(H,18,19). The van der Waals surface area contributed by atoms with E-state index in [4.69, 9.17) is 9.84 Å². The number of rotatable bonds is 5. The molecule has 0 bridgehead atoms. The highest BCUT2D eigenvalue weighted by Crippen LogP contribution is 2.17. The van der Waals surface area contributed by atoms with Crippen molar-refractivity contribution >= 4 is 17.6 Å². The molecule has 0 aliphatic rings. The van der Waals surface area contributed by atoms with E-state index in [2.05, 4.69) is 10.4 Å². The molecule has 2 rings (SSSR count). The van der Waals surface area contributed by atoms with E-state index in [0.717, 1.165) is 0 Å². The molecule has 0 atom stereocenters. The number of aliphatic carboxylic acids is 1. The van der Waals surface area contributed by atoms with Gasteiger partial charge < -0.3 is 15.2 Å². The summed E-state index contributed by atoms with van der Waals surface area (Å²) in [5, 5.41) is 15.4. The number of carbonyl (C=O) groups is 2. The zero-order valence-electron chi connectivity index (χ0n) is 11.7. The number of carbonyl (C=O) groups excluding carboxylic acids is 1. The fourth-order valence-electron chi connectivity index (χ4n) is 1.80. The molecule has 0 aliphatic heterocycles. The van der Waals surface area contributed by atoms with Gasteiger partial charge in [0, 0.05) is 18.9 Å². The molecule has 0 unspecified atom stereocenters. The second kappa shape index (κ2) is 6.08. The van der Waals surface area contributed by atoms with Crippen molar-refractivity contribution in [2.75, 3.05) is 11.9 Å². The van der Waals surface area contributed by atoms with Crippen molar-refractivity contribution in [1.82, 2.24) is 9.78 Å². The average molecular weight is 289 g/mol. The van der Waals surface area contributed by atoms with Gasteiger partial charge in [0.1, 0.15) is 5.75 Å². The summed E-state index contributed by atoms with van der Waals surface area (Å²) in [5.41, 5.74) is 1.74. The first-order valence-electron chi connectivity index (χ1n) is 6.22. The summed E-state index contributed by atoms with van der Waals surface area (Å²) in [6.45, 7) is 1.36. The molecular formula is C14H15N3O4. The van der Waals surface area contributed by atoms with Crippen LogP contribution in [0, 0.1) is 6.92 Å². The van der Waals surface area contributed by atoms with E-state index in [9.17, 15) is 9.59 Å². The van der Waals surface area contributed by atoms with Gasteiger partial charge in [0.15, 0.2) is 6.61 Å². The predicted molar refractivity (Wildman–Crippen MR) is 75.5 cm³/mol. The molecule has 0 radical (unpaired) electrons. The minimum absolute atomic E-state index is 0.250. The summed E-state index contributed by atoms with van der Waals surface area (Å²) in [6.07, 6.45) is 1.65. The molecule has 0 saturated carbocycles. The molecule has 0 fully saturated rings. The Bertz CT molecular complexity index is 661. The lowest BCUT2D eigenvalue weighted by molar-refractivity contribution is -0.139. The molecule has 2 aromatic rings. The molecule has 1 heterocycles. The van der Waals surface area contributed by atoms with E-state index in [1.165, 1.54) is 0 Å². The lowest BCUT2D eigenvalue weighted by Gasteiger charge is -2.06. The Balaban J connectivity index is 2.01. The number of hydrogen-bond donors (Lipinski definition) is 2. The molecule has 0 aliphatic carbocycles. The number of nitrogens with zero attached hydrogens (tertiary/aromatic N) is 2. The largest absolute Gasteiger partial charge is 0.482 e. The zero-order chi connectivity index (χ0) is 15.4. The second-order valence-electron chi connectivity index (χ2n) is 4.46. The van der Waals surface area contributed by atoms with Crippen molar-refractivity contribution in [2.45, 2.75) is 6.92 Å². The molecular weight excluding hydrogens is 274 g/mol. The molecule has 7 nitrogen and oxygen atoms in total. The Hall–Kier alpha value is -2.83. The number of ether oxygens (including phenoxy) is 1. The Kier molecular flexibility index (Phi) is 4.22. The Morgan fingerprint density at radius 3 is 2.52 bits per heavy atom. The van der Waals surface area contributed by atoms with Gasteiger partial charge in [0.25, 0.3) is 5.91 Å². The summed E-state index contributed by atoms with van der Waals surface area (Å²) in [5.74, 6) is -0.868. The smallest absolute Gasteiger partial charge is 0.341 e. The van der Waals surface area contributed by atoms with Gasteiger partial charge in [-0.1, -0.05) is 0 Å². The van der Waals surface area contributed by atoms with Crippen LogP contribution in [0.25, 0.3) is 0 Å². The van der Waals surface area contributed by atoms with Crippen LogP contribution in [0.15, 0.2) is 30.5 Å². The molecule has 7 heteroatoms. The molecule has 21 heavy (non-hydrogen) atoms. The molecule has 1 amide bonds. The minimum atomic E-state index is -1.04. The summed E-state index contributed by atoms with van der Waals surface area (Å²) >= 11 is 0. The topological polar surface area (TPSA) is 93.5 Å². The molecule has 1 aromatic heterocycles. The Labute approximate surface area is 121 Å². The van der Waals surface area contributed by atoms with E-state index in [1.807, 2.05) is 0 Å². The number of aromatic nitrogens is 2. The fourth-order valence-corrected chi connectivity index (χ4v) is 1.80. The van der Waals surface area contributed by atoms with E-state index in [1.54, 1.807) is 49.1 Å². The fraction of sp³-hybridized carbons (Fsp3) is 0.214. The highest BCUT2D eigenvalue weighted by Gasteiger charge is 2.12. The molecule has 1 aromatic carbocycles. The third kappa shape index (κ3) is 3.82. The van der Waals surface area contributed by atoms with E-state index < -0.39 is 12.6 Å². The number of nitrogens with one attached hydrogen (secondary N) is 1. The van der Waals surface area contributed by atoms with Crippen molar-refractivity contribution in [1.29, 1.82) is 0 Å². The Morgan fingerprint density at radius 1 is 1.33 bits per heavy atom. The van der Waals surface area contributed by atoms with Crippen molar-refractivity contribution in [2.24, 2.45) is 7.05 Å². The number of carboxylic acid groups (broad SMARTS) is 1. The Morgan fingerprint density at radius 2 is 2.00 bits per heavy atom. The van der Waals surface area contributed by atoms with Crippen LogP contribution in [0.4, 0.5) is 5.69 Å². The summed E-state index contributed by atoms with van der Waals surface area (Å²) in [6, 6.07) is 6.46. The monoisotopic (exact) mass is 289 g/mol. The summed E-state index contributed by atoms with van der Waals surface area (Å²) < 4.78 is 6.59. The van der Waals surface area contributed by atoms with Gasteiger partial charge in [-0.05, 0) is 31.2 Å². The third-order valence-corrected chi connectivity index (χ3v) is 2.73. The number of anilines is 1. The van der Waals surface area contributed by atoms with Crippen LogP contribution in [0.3, 0.4) is 0 Å². The molecule has 110 valence electrons. The van der Waals surface area contributed by atoms with Gasteiger partial charge in [0.05, 0.1) is 11.3 Å². The highest BCUT2D eigenvalue weighted by molar-refractivity contribution is 6.04. The van der Waals surface area contributed by atoms with Crippen LogP contribution in [0.1, 0.15) is 16.1 Å². The number of benzene rings is 1. The first-order valence-corrected chi connectivity index (χ1v) is 6.22. The summed E-state index contributed by atoms with van der Waals surface area (Å²) in [7, 11) is 1.75.